The van der Waals surface area contributed by atoms with Crippen LogP contribution in [0.5, 0.6) is 0 Å². The molecule has 0 radical (unpaired) electrons. The lowest BCUT2D eigenvalue weighted by Gasteiger charge is -2.18. The van der Waals surface area contributed by atoms with Crippen LogP contribution in [0.25, 0.3) is 0 Å². The van der Waals surface area contributed by atoms with Gasteiger partial charge in [0, 0.05) is 29.0 Å². The van der Waals surface area contributed by atoms with E-state index in [1.165, 1.54) is 23.1 Å². The highest BCUT2D eigenvalue weighted by atomic mass is 35.5. The van der Waals surface area contributed by atoms with Gasteiger partial charge in [-0.2, -0.15) is 0 Å². The van der Waals surface area contributed by atoms with Gasteiger partial charge in [-0.1, -0.05) is 54.4 Å². The van der Waals surface area contributed by atoms with Crippen LogP contribution in [0.15, 0.2) is 48.4 Å². The number of rotatable bonds is 7. The summed E-state index contributed by atoms with van der Waals surface area (Å²) in [5.41, 5.74) is 2.02. The van der Waals surface area contributed by atoms with Crippen LogP contribution in [-0.4, -0.2) is 14.7 Å². The average molecular weight is 425 g/mol. The summed E-state index contributed by atoms with van der Waals surface area (Å²) in [5.74, 6) is 0. The summed E-state index contributed by atoms with van der Waals surface area (Å²) in [6.07, 6.45) is 7.29. The fraction of sp³-hybridized carbons (Fsp3) is 0.263. The summed E-state index contributed by atoms with van der Waals surface area (Å²) in [6, 6.07) is 7.47. The molecule has 3 rings (SSSR count). The van der Waals surface area contributed by atoms with Crippen molar-refractivity contribution in [3.05, 3.63) is 74.4 Å². The predicted octanol–water partition coefficient (Wildman–Crippen LogP) is 6.52. The Hall–Kier alpha value is -1.27. The Morgan fingerprint density at radius 2 is 2.19 bits per heavy atom. The van der Waals surface area contributed by atoms with E-state index in [9.17, 15) is 4.79 Å². The molecule has 1 atom stereocenters. The number of imidazole rings is 1. The summed E-state index contributed by atoms with van der Waals surface area (Å²) < 4.78 is 1.96. The van der Waals surface area contributed by atoms with Crippen molar-refractivity contribution in [1.29, 1.82) is 0 Å². The molecule has 0 spiro atoms. The first-order valence-electron chi connectivity index (χ1n) is 8.26. The zero-order valence-corrected chi connectivity index (χ0v) is 17.3. The van der Waals surface area contributed by atoms with E-state index in [1.54, 1.807) is 18.6 Å². The minimum Gasteiger partial charge on any atom is -0.336 e. The van der Waals surface area contributed by atoms with Crippen molar-refractivity contribution in [3.8, 4) is 0 Å². The molecule has 0 aliphatic carbocycles. The lowest BCUT2D eigenvalue weighted by molar-refractivity contribution is 0.109. The van der Waals surface area contributed by atoms with Gasteiger partial charge in [-0.15, -0.1) is 11.3 Å². The predicted molar refractivity (Wildman–Crippen MR) is 112 cm³/mol. The van der Waals surface area contributed by atoms with Gasteiger partial charge in [0.05, 0.1) is 16.5 Å². The van der Waals surface area contributed by atoms with Gasteiger partial charge >= 0.3 is 0 Å². The molecular formula is C19H18Cl2N2OS2. The molecule has 0 saturated heterocycles. The van der Waals surface area contributed by atoms with Crippen molar-refractivity contribution in [1.82, 2.24) is 9.55 Å². The second-order valence-electron chi connectivity index (χ2n) is 5.84. The molecule has 136 valence electrons. The molecule has 0 bridgehead atoms. The Morgan fingerprint density at radius 1 is 1.35 bits per heavy atom. The molecule has 26 heavy (non-hydrogen) atoms. The van der Waals surface area contributed by atoms with Gasteiger partial charge < -0.3 is 4.57 Å². The minimum atomic E-state index is -0.127. The Labute approximate surface area is 171 Å². The van der Waals surface area contributed by atoms with Gasteiger partial charge in [-0.05, 0) is 41.1 Å². The van der Waals surface area contributed by atoms with Crippen LogP contribution in [0.3, 0.4) is 0 Å². The van der Waals surface area contributed by atoms with Crippen LogP contribution in [0.1, 0.15) is 39.4 Å². The first kappa shape index (κ1) is 19.5. The fourth-order valence-corrected chi connectivity index (χ4v) is 5.47. The summed E-state index contributed by atoms with van der Waals surface area (Å²) in [6.45, 7) is 2.72. The van der Waals surface area contributed by atoms with Gasteiger partial charge in [-0.3, -0.25) is 4.79 Å². The first-order chi connectivity index (χ1) is 12.6. The maximum absolute atomic E-state index is 13.0. The number of aryl methyl sites for hydroxylation is 1. The van der Waals surface area contributed by atoms with E-state index in [2.05, 4.69) is 11.9 Å². The highest BCUT2D eigenvalue weighted by molar-refractivity contribution is 8.14. The largest absolute Gasteiger partial charge is 0.336 e. The molecule has 7 heteroatoms. The standard InChI is InChI=1S/C19H18Cl2N2OS2/c1-2-3-13-6-9-25-18(13)19(24)26-17(11-23-8-7-22-12-23)15-5-4-14(20)10-16(15)21/h4-10,12,17H,2-3,11H2,1H3. The third kappa shape index (κ3) is 4.71. The smallest absolute Gasteiger partial charge is 0.230 e. The van der Waals surface area contributed by atoms with Gasteiger partial charge in [0.2, 0.25) is 5.12 Å². The van der Waals surface area contributed by atoms with E-state index in [1.807, 2.05) is 34.3 Å². The quantitative estimate of drug-likeness (QED) is 0.432. The number of benzene rings is 1. The Bertz CT molecular complexity index is 878. The fourth-order valence-electron chi connectivity index (χ4n) is 2.71. The lowest BCUT2D eigenvalue weighted by atomic mass is 10.1. The number of hydrogen-bond donors (Lipinski definition) is 0. The van der Waals surface area contributed by atoms with Crippen LogP contribution in [0.4, 0.5) is 0 Å². The van der Waals surface area contributed by atoms with Crippen LogP contribution < -0.4 is 0 Å². The zero-order chi connectivity index (χ0) is 18.5. The lowest BCUT2D eigenvalue weighted by Crippen LogP contribution is -2.09. The van der Waals surface area contributed by atoms with Gasteiger partial charge in [0.15, 0.2) is 0 Å². The van der Waals surface area contributed by atoms with Crippen LogP contribution in [-0.2, 0) is 13.0 Å². The number of carbonyl (C=O) groups is 1. The molecule has 1 unspecified atom stereocenters. The van der Waals surface area contributed by atoms with Gasteiger partial charge in [0.1, 0.15) is 0 Å². The zero-order valence-electron chi connectivity index (χ0n) is 14.2. The third-order valence-corrected chi connectivity index (χ3v) is 6.70. The Kier molecular flexibility index (Phi) is 6.81. The molecule has 0 aliphatic heterocycles. The Morgan fingerprint density at radius 3 is 2.88 bits per heavy atom. The van der Waals surface area contributed by atoms with E-state index < -0.39 is 0 Å². The number of thiophene rings is 1. The van der Waals surface area contributed by atoms with E-state index >= 15 is 0 Å². The van der Waals surface area contributed by atoms with Crippen molar-refractivity contribution >= 4 is 51.4 Å². The number of nitrogens with zero attached hydrogens (tertiary/aromatic N) is 2. The number of halogens is 2. The molecule has 3 aromatic rings. The summed E-state index contributed by atoms with van der Waals surface area (Å²) in [4.78, 5) is 17.9. The molecule has 0 amide bonds. The van der Waals surface area contributed by atoms with Crippen molar-refractivity contribution in [2.45, 2.75) is 31.6 Å². The van der Waals surface area contributed by atoms with E-state index in [0.717, 1.165) is 28.8 Å². The third-order valence-electron chi connectivity index (χ3n) is 3.95. The normalized spacial score (nSPS) is 12.3. The second-order valence-corrected chi connectivity index (χ2v) is 8.78. The van der Waals surface area contributed by atoms with Crippen LogP contribution in [0.2, 0.25) is 10.0 Å². The maximum atomic E-state index is 13.0. The minimum absolute atomic E-state index is 0.0829. The SMILES string of the molecule is CCCc1ccsc1C(=O)SC(Cn1ccnc1)c1ccc(Cl)cc1Cl. The molecule has 2 heterocycles. The van der Waals surface area contributed by atoms with Crippen LogP contribution in [0, 0.1) is 0 Å². The number of carbonyl (C=O) groups excluding carboxylic acids is 1. The van der Waals surface area contributed by atoms with E-state index in [-0.39, 0.29) is 10.4 Å². The van der Waals surface area contributed by atoms with Crippen molar-refractivity contribution < 1.29 is 4.79 Å². The summed E-state index contributed by atoms with van der Waals surface area (Å²) in [7, 11) is 0. The maximum Gasteiger partial charge on any atom is 0.230 e. The molecule has 1 aromatic carbocycles. The number of aromatic nitrogens is 2. The second kappa shape index (κ2) is 9.09. The molecule has 0 fully saturated rings. The number of thioether (sulfide) groups is 1. The molecule has 0 aliphatic rings. The molecule has 3 nitrogen and oxygen atoms in total. The highest BCUT2D eigenvalue weighted by Crippen LogP contribution is 2.39. The molecule has 2 aromatic heterocycles. The molecule has 0 N–H and O–H groups in total. The first-order valence-corrected chi connectivity index (χ1v) is 10.8. The van der Waals surface area contributed by atoms with Crippen molar-refractivity contribution in [2.24, 2.45) is 0 Å². The van der Waals surface area contributed by atoms with Gasteiger partial charge in [-0.25, -0.2) is 4.98 Å². The van der Waals surface area contributed by atoms with Crippen molar-refractivity contribution in [2.75, 3.05) is 0 Å². The molecule has 0 saturated carbocycles. The van der Waals surface area contributed by atoms with Gasteiger partial charge in [0.25, 0.3) is 0 Å². The average Bonchev–Trinajstić information content (AvgIpc) is 3.26. The topological polar surface area (TPSA) is 34.9 Å². The summed E-state index contributed by atoms with van der Waals surface area (Å²) >= 11 is 15.3. The van der Waals surface area contributed by atoms with E-state index in [4.69, 9.17) is 23.2 Å². The number of hydrogen-bond acceptors (Lipinski definition) is 4. The van der Waals surface area contributed by atoms with Crippen LogP contribution >= 0.6 is 46.3 Å². The summed E-state index contributed by atoms with van der Waals surface area (Å²) in [5, 5.41) is 3.10. The monoisotopic (exact) mass is 424 g/mol. The highest BCUT2D eigenvalue weighted by Gasteiger charge is 2.23. The molecular weight excluding hydrogens is 407 g/mol. The van der Waals surface area contributed by atoms with Crippen molar-refractivity contribution in [3.63, 3.8) is 0 Å². The Balaban J connectivity index is 1.87. The van der Waals surface area contributed by atoms with E-state index in [0.29, 0.717) is 16.6 Å².